The summed E-state index contributed by atoms with van der Waals surface area (Å²) < 4.78 is 52.8. The van der Waals surface area contributed by atoms with E-state index in [1.807, 2.05) is 0 Å². The molecule has 0 unspecified atom stereocenters. The molecule has 1 heterocycles. The number of para-hydroxylation sites is 1. The highest BCUT2D eigenvalue weighted by Crippen LogP contribution is 2.29. The molecule has 32 heavy (non-hydrogen) atoms. The molecule has 3 aromatic carbocycles. The number of amides is 1. The molecule has 4 rings (SSSR count). The normalized spacial score (nSPS) is 11.3. The summed E-state index contributed by atoms with van der Waals surface area (Å²) >= 11 is 0. The lowest BCUT2D eigenvalue weighted by molar-refractivity contribution is 0.101. The number of aromatic nitrogens is 2. The first kappa shape index (κ1) is 21.4. The van der Waals surface area contributed by atoms with Gasteiger partial charge < -0.3 is 5.32 Å². The van der Waals surface area contributed by atoms with Gasteiger partial charge in [-0.2, -0.15) is 5.10 Å². The summed E-state index contributed by atoms with van der Waals surface area (Å²) in [7, 11) is -3.31. The zero-order valence-electron chi connectivity index (χ0n) is 16.8. The van der Waals surface area contributed by atoms with Crippen molar-refractivity contribution in [3.05, 3.63) is 96.3 Å². The molecule has 0 saturated carbocycles. The zero-order valence-corrected chi connectivity index (χ0v) is 17.6. The van der Waals surface area contributed by atoms with Crippen molar-refractivity contribution in [1.29, 1.82) is 0 Å². The molecule has 0 aliphatic carbocycles. The van der Waals surface area contributed by atoms with Crippen LogP contribution in [0.5, 0.6) is 0 Å². The van der Waals surface area contributed by atoms with E-state index in [1.165, 1.54) is 18.2 Å². The van der Waals surface area contributed by atoms with Crippen molar-refractivity contribution in [3.63, 3.8) is 0 Å². The van der Waals surface area contributed by atoms with Crippen LogP contribution in [0.15, 0.2) is 84.0 Å². The van der Waals surface area contributed by atoms with Crippen LogP contribution in [-0.2, 0) is 9.84 Å². The van der Waals surface area contributed by atoms with E-state index in [0.717, 1.165) is 18.4 Å². The first-order valence-electron chi connectivity index (χ1n) is 9.44. The number of benzene rings is 3. The third-order valence-electron chi connectivity index (χ3n) is 4.79. The maximum absolute atomic E-state index is 14.0. The summed E-state index contributed by atoms with van der Waals surface area (Å²) in [5.41, 5.74) is 1.56. The SMILES string of the molecule is CS(=O)(=O)c1ccc(-n2cc(-c3ccccc3NC(=O)c3c(F)cccc3F)cn2)cc1. The van der Waals surface area contributed by atoms with Crippen LogP contribution in [0.2, 0.25) is 0 Å². The van der Waals surface area contributed by atoms with E-state index in [1.54, 1.807) is 53.5 Å². The Hall–Kier alpha value is -3.85. The molecular formula is C23H17F2N3O3S. The van der Waals surface area contributed by atoms with Gasteiger partial charge >= 0.3 is 0 Å². The molecule has 1 N–H and O–H groups in total. The Morgan fingerprint density at radius 1 is 0.938 bits per heavy atom. The third kappa shape index (κ3) is 4.28. The molecule has 9 heteroatoms. The number of halogens is 2. The van der Waals surface area contributed by atoms with Crippen molar-refractivity contribution in [1.82, 2.24) is 9.78 Å². The Kier molecular flexibility index (Phi) is 5.58. The van der Waals surface area contributed by atoms with Crippen LogP contribution < -0.4 is 5.32 Å². The Balaban J connectivity index is 1.64. The first-order valence-corrected chi connectivity index (χ1v) is 11.3. The number of hydrogen-bond acceptors (Lipinski definition) is 4. The van der Waals surface area contributed by atoms with Gasteiger partial charge in [-0.3, -0.25) is 4.79 Å². The van der Waals surface area contributed by atoms with Gasteiger partial charge in [0.1, 0.15) is 17.2 Å². The van der Waals surface area contributed by atoms with Gasteiger partial charge in [0.05, 0.1) is 16.8 Å². The molecule has 4 aromatic rings. The molecule has 0 aliphatic heterocycles. The first-order chi connectivity index (χ1) is 15.2. The van der Waals surface area contributed by atoms with Crippen LogP contribution in [0, 0.1) is 11.6 Å². The van der Waals surface area contributed by atoms with Crippen LogP contribution in [0.3, 0.4) is 0 Å². The molecule has 162 valence electrons. The van der Waals surface area contributed by atoms with Gasteiger partial charge in [0.25, 0.3) is 5.91 Å². The number of carbonyl (C=O) groups is 1. The van der Waals surface area contributed by atoms with Gasteiger partial charge in [0, 0.05) is 29.3 Å². The quantitative estimate of drug-likeness (QED) is 0.483. The summed E-state index contributed by atoms with van der Waals surface area (Å²) in [6.45, 7) is 0. The van der Waals surface area contributed by atoms with E-state index in [-0.39, 0.29) is 4.90 Å². The Labute approximate surface area is 183 Å². The molecule has 0 radical (unpaired) electrons. The molecule has 1 aromatic heterocycles. The maximum Gasteiger partial charge on any atom is 0.261 e. The molecule has 0 fully saturated rings. The average molecular weight is 453 g/mol. The van der Waals surface area contributed by atoms with Crippen molar-refractivity contribution in [2.45, 2.75) is 4.90 Å². The number of carbonyl (C=O) groups excluding carboxylic acids is 1. The summed E-state index contributed by atoms with van der Waals surface area (Å²) in [4.78, 5) is 12.7. The molecule has 0 spiro atoms. The average Bonchev–Trinajstić information content (AvgIpc) is 3.23. The van der Waals surface area contributed by atoms with Crippen molar-refractivity contribution in [2.24, 2.45) is 0 Å². The monoisotopic (exact) mass is 453 g/mol. The standard InChI is InChI=1S/C23H17F2N3O3S/c1-32(30,31)17-11-9-16(10-12-17)28-14-15(13-26-28)18-5-2-3-8-21(18)27-23(29)22-19(24)6-4-7-20(22)25/h2-14H,1H3,(H,27,29). The minimum atomic E-state index is -3.31. The fraction of sp³-hybridized carbons (Fsp3) is 0.0435. The van der Waals surface area contributed by atoms with E-state index >= 15 is 0 Å². The van der Waals surface area contributed by atoms with Gasteiger partial charge in [0.15, 0.2) is 9.84 Å². The second-order valence-electron chi connectivity index (χ2n) is 7.04. The van der Waals surface area contributed by atoms with E-state index in [4.69, 9.17) is 0 Å². The van der Waals surface area contributed by atoms with Crippen LogP contribution in [-0.4, -0.2) is 30.4 Å². The number of hydrogen-bond donors (Lipinski definition) is 1. The van der Waals surface area contributed by atoms with Crippen LogP contribution in [0.4, 0.5) is 14.5 Å². The van der Waals surface area contributed by atoms with Gasteiger partial charge in [-0.15, -0.1) is 0 Å². The Morgan fingerprint density at radius 3 is 2.25 bits per heavy atom. The van der Waals surface area contributed by atoms with Crippen molar-refractivity contribution >= 4 is 21.4 Å². The predicted octanol–water partition coefficient (Wildman–Crippen LogP) is 4.47. The van der Waals surface area contributed by atoms with Crippen molar-refractivity contribution in [2.75, 3.05) is 11.6 Å². The molecule has 6 nitrogen and oxygen atoms in total. The lowest BCUT2D eigenvalue weighted by atomic mass is 10.1. The minimum Gasteiger partial charge on any atom is -0.321 e. The molecular weight excluding hydrogens is 436 g/mol. The summed E-state index contributed by atoms with van der Waals surface area (Å²) in [6, 6.07) is 16.2. The van der Waals surface area contributed by atoms with E-state index in [2.05, 4.69) is 10.4 Å². The highest BCUT2D eigenvalue weighted by atomic mass is 32.2. The lowest BCUT2D eigenvalue weighted by Gasteiger charge is -2.11. The molecule has 0 atom stereocenters. The highest BCUT2D eigenvalue weighted by molar-refractivity contribution is 7.90. The van der Waals surface area contributed by atoms with Gasteiger partial charge in [-0.25, -0.2) is 21.9 Å². The van der Waals surface area contributed by atoms with E-state index in [9.17, 15) is 22.0 Å². The topological polar surface area (TPSA) is 81.1 Å². The molecule has 0 bridgehead atoms. The summed E-state index contributed by atoms with van der Waals surface area (Å²) in [6.07, 6.45) is 4.40. The summed E-state index contributed by atoms with van der Waals surface area (Å²) in [5, 5.41) is 6.85. The molecule has 0 aliphatic rings. The minimum absolute atomic E-state index is 0.196. The highest BCUT2D eigenvalue weighted by Gasteiger charge is 2.19. The zero-order chi connectivity index (χ0) is 22.9. The smallest absolute Gasteiger partial charge is 0.261 e. The summed E-state index contributed by atoms with van der Waals surface area (Å²) in [5.74, 6) is -2.81. The number of nitrogens with zero attached hydrogens (tertiary/aromatic N) is 2. The van der Waals surface area contributed by atoms with Crippen molar-refractivity contribution in [3.8, 4) is 16.8 Å². The van der Waals surface area contributed by atoms with E-state index < -0.39 is 32.9 Å². The Bertz CT molecular complexity index is 1390. The van der Waals surface area contributed by atoms with Gasteiger partial charge in [-0.05, 0) is 42.5 Å². The largest absolute Gasteiger partial charge is 0.321 e. The second kappa shape index (κ2) is 8.35. The number of anilines is 1. The maximum atomic E-state index is 14.0. The second-order valence-corrected chi connectivity index (χ2v) is 9.05. The van der Waals surface area contributed by atoms with E-state index in [0.29, 0.717) is 22.5 Å². The van der Waals surface area contributed by atoms with Crippen LogP contribution >= 0.6 is 0 Å². The van der Waals surface area contributed by atoms with Gasteiger partial charge in [0.2, 0.25) is 0 Å². The Morgan fingerprint density at radius 2 is 1.59 bits per heavy atom. The fourth-order valence-corrected chi connectivity index (χ4v) is 3.82. The molecule has 0 saturated heterocycles. The van der Waals surface area contributed by atoms with Crippen LogP contribution in [0.25, 0.3) is 16.8 Å². The lowest BCUT2D eigenvalue weighted by Crippen LogP contribution is -2.16. The number of nitrogens with one attached hydrogen (secondary N) is 1. The third-order valence-corrected chi connectivity index (χ3v) is 5.92. The predicted molar refractivity (Wildman–Crippen MR) is 116 cm³/mol. The van der Waals surface area contributed by atoms with Crippen LogP contribution in [0.1, 0.15) is 10.4 Å². The number of rotatable bonds is 5. The number of sulfone groups is 1. The fourth-order valence-electron chi connectivity index (χ4n) is 3.19. The molecule has 1 amide bonds. The van der Waals surface area contributed by atoms with Gasteiger partial charge in [-0.1, -0.05) is 24.3 Å². The van der Waals surface area contributed by atoms with Crippen molar-refractivity contribution < 1.29 is 22.0 Å².